The number of hydrogen-bond acceptors (Lipinski definition) is 4. The van der Waals surface area contributed by atoms with E-state index >= 15 is 0 Å². The van der Waals surface area contributed by atoms with Gasteiger partial charge in [0.1, 0.15) is 0 Å². The second kappa shape index (κ2) is 4.32. The highest BCUT2D eigenvalue weighted by Gasteiger charge is 2.13. The van der Waals surface area contributed by atoms with Gasteiger partial charge in [0.2, 0.25) is 0 Å². The summed E-state index contributed by atoms with van der Waals surface area (Å²) in [6.45, 7) is 0. The van der Waals surface area contributed by atoms with E-state index in [1.807, 2.05) is 7.05 Å². The summed E-state index contributed by atoms with van der Waals surface area (Å²) in [6.07, 6.45) is 6.45. The number of aliphatic hydroxyl groups excluding tert-OH is 1. The second-order valence-corrected chi connectivity index (χ2v) is 3.72. The molecule has 0 radical (unpaired) electrons. The van der Waals surface area contributed by atoms with Gasteiger partial charge in [-0.15, -0.1) is 0 Å². The van der Waals surface area contributed by atoms with Crippen LogP contribution in [0, 0.1) is 0 Å². The lowest BCUT2D eigenvalue weighted by Gasteiger charge is -2.12. The molecule has 2 heterocycles. The first kappa shape index (κ1) is 10.6. The van der Waals surface area contributed by atoms with Crippen LogP contribution in [0.2, 0.25) is 0 Å². The second-order valence-electron chi connectivity index (χ2n) is 3.72. The monoisotopic (exact) mass is 218 g/mol. The van der Waals surface area contributed by atoms with Gasteiger partial charge in [0.15, 0.2) is 0 Å². The van der Waals surface area contributed by atoms with Gasteiger partial charge in [-0.3, -0.25) is 4.98 Å². The first-order chi connectivity index (χ1) is 7.68. The summed E-state index contributed by atoms with van der Waals surface area (Å²) in [5.41, 5.74) is 8.05. The molecule has 84 valence electrons. The quantitative estimate of drug-likeness (QED) is 0.794. The summed E-state index contributed by atoms with van der Waals surface area (Å²) in [5.74, 6) is 0. The molecule has 0 saturated carbocycles. The Morgan fingerprint density at radius 1 is 1.44 bits per heavy atom. The fourth-order valence-corrected chi connectivity index (χ4v) is 1.61. The van der Waals surface area contributed by atoms with Gasteiger partial charge >= 0.3 is 0 Å². The van der Waals surface area contributed by atoms with E-state index in [4.69, 9.17) is 5.73 Å². The summed E-state index contributed by atoms with van der Waals surface area (Å²) in [4.78, 5) is 7.95. The highest BCUT2D eigenvalue weighted by Crippen LogP contribution is 2.20. The van der Waals surface area contributed by atoms with Crippen molar-refractivity contribution >= 4 is 5.69 Å². The third-order valence-electron chi connectivity index (χ3n) is 2.55. The van der Waals surface area contributed by atoms with E-state index in [1.165, 1.54) is 0 Å². The summed E-state index contributed by atoms with van der Waals surface area (Å²) in [7, 11) is 1.85. The van der Waals surface area contributed by atoms with Crippen LogP contribution in [0.25, 0.3) is 0 Å². The molecular formula is C11H14N4O. The van der Waals surface area contributed by atoms with Crippen molar-refractivity contribution < 1.29 is 5.11 Å². The Morgan fingerprint density at radius 3 is 2.88 bits per heavy atom. The van der Waals surface area contributed by atoms with Crippen LogP contribution in [0.1, 0.15) is 17.4 Å². The fourth-order valence-electron chi connectivity index (χ4n) is 1.61. The van der Waals surface area contributed by atoms with Crippen LogP contribution in [0.15, 0.2) is 31.0 Å². The van der Waals surface area contributed by atoms with E-state index in [1.54, 1.807) is 35.6 Å². The SMILES string of the molecule is Cn1cncc1C(O)Cc1cnccc1N. The molecule has 3 N–H and O–H groups in total. The molecule has 0 aromatic carbocycles. The largest absolute Gasteiger partial charge is 0.398 e. The minimum atomic E-state index is -0.612. The number of nitrogens with zero attached hydrogens (tertiary/aromatic N) is 3. The molecule has 0 aliphatic carbocycles. The predicted molar refractivity (Wildman–Crippen MR) is 60.5 cm³/mol. The fraction of sp³-hybridized carbons (Fsp3) is 0.273. The Hall–Kier alpha value is -1.88. The lowest BCUT2D eigenvalue weighted by Crippen LogP contribution is -2.08. The molecule has 2 rings (SSSR count). The number of hydrogen-bond donors (Lipinski definition) is 2. The van der Waals surface area contributed by atoms with Gasteiger partial charge in [0, 0.05) is 31.5 Å². The average Bonchev–Trinajstić information content (AvgIpc) is 2.68. The van der Waals surface area contributed by atoms with Gasteiger partial charge in [-0.25, -0.2) is 4.98 Å². The number of aryl methyl sites for hydroxylation is 1. The molecule has 2 aromatic rings. The van der Waals surface area contributed by atoms with Crippen molar-refractivity contribution in [2.24, 2.45) is 7.05 Å². The lowest BCUT2D eigenvalue weighted by molar-refractivity contribution is 0.170. The van der Waals surface area contributed by atoms with Crippen LogP contribution < -0.4 is 5.73 Å². The molecule has 0 aliphatic heterocycles. The van der Waals surface area contributed by atoms with Crippen LogP contribution in [0.4, 0.5) is 5.69 Å². The summed E-state index contributed by atoms with van der Waals surface area (Å²) >= 11 is 0. The Morgan fingerprint density at radius 2 is 2.25 bits per heavy atom. The van der Waals surface area contributed by atoms with Gasteiger partial charge in [-0.2, -0.15) is 0 Å². The number of pyridine rings is 1. The van der Waals surface area contributed by atoms with Crippen molar-refractivity contribution in [2.75, 3.05) is 5.73 Å². The zero-order valence-electron chi connectivity index (χ0n) is 9.04. The third kappa shape index (κ3) is 2.04. The molecule has 0 bridgehead atoms. The van der Waals surface area contributed by atoms with Gasteiger partial charge in [-0.1, -0.05) is 0 Å². The number of imidazole rings is 1. The van der Waals surface area contributed by atoms with Crippen LogP contribution in [-0.2, 0) is 13.5 Å². The third-order valence-corrected chi connectivity index (χ3v) is 2.55. The van der Waals surface area contributed by atoms with Crippen molar-refractivity contribution in [3.05, 3.63) is 42.2 Å². The topological polar surface area (TPSA) is 77.0 Å². The van der Waals surface area contributed by atoms with Gasteiger partial charge in [-0.05, 0) is 11.6 Å². The van der Waals surface area contributed by atoms with E-state index in [2.05, 4.69) is 9.97 Å². The Balaban J connectivity index is 2.17. The van der Waals surface area contributed by atoms with E-state index in [-0.39, 0.29) is 0 Å². The minimum Gasteiger partial charge on any atom is -0.398 e. The molecule has 0 amide bonds. The molecule has 1 unspecified atom stereocenters. The van der Waals surface area contributed by atoms with Crippen molar-refractivity contribution in [2.45, 2.75) is 12.5 Å². The van der Waals surface area contributed by atoms with Crippen molar-refractivity contribution in [1.29, 1.82) is 0 Å². The lowest BCUT2D eigenvalue weighted by atomic mass is 10.1. The van der Waals surface area contributed by atoms with Crippen LogP contribution in [-0.4, -0.2) is 19.6 Å². The number of nitrogen functional groups attached to an aromatic ring is 1. The van der Waals surface area contributed by atoms with Gasteiger partial charge in [0.05, 0.1) is 24.3 Å². The summed E-state index contributed by atoms with van der Waals surface area (Å²) < 4.78 is 1.79. The molecular weight excluding hydrogens is 204 g/mol. The van der Waals surface area contributed by atoms with Crippen LogP contribution in [0.5, 0.6) is 0 Å². The molecule has 0 aliphatic rings. The highest BCUT2D eigenvalue weighted by molar-refractivity contribution is 5.44. The molecule has 16 heavy (non-hydrogen) atoms. The van der Waals surface area contributed by atoms with E-state index in [9.17, 15) is 5.11 Å². The smallest absolute Gasteiger partial charge is 0.0997 e. The maximum Gasteiger partial charge on any atom is 0.0997 e. The number of aliphatic hydroxyl groups is 1. The maximum atomic E-state index is 10.0. The summed E-state index contributed by atoms with van der Waals surface area (Å²) in [6, 6.07) is 1.73. The predicted octanol–water partition coefficient (Wildman–Crippen LogP) is 0.673. The zero-order chi connectivity index (χ0) is 11.5. The zero-order valence-corrected chi connectivity index (χ0v) is 9.04. The molecule has 5 nitrogen and oxygen atoms in total. The van der Waals surface area contributed by atoms with E-state index in [0.717, 1.165) is 11.3 Å². The molecule has 0 saturated heterocycles. The van der Waals surface area contributed by atoms with Gasteiger partial charge in [0.25, 0.3) is 0 Å². The van der Waals surface area contributed by atoms with Gasteiger partial charge < -0.3 is 15.4 Å². The highest BCUT2D eigenvalue weighted by atomic mass is 16.3. The number of aromatic nitrogens is 3. The maximum absolute atomic E-state index is 10.0. The minimum absolute atomic E-state index is 0.444. The van der Waals surface area contributed by atoms with Crippen molar-refractivity contribution in [3.8, 4) is 0 Å². The number of rotatable bonds is 3. The standard InChI is InChI=1S/C11H14N4O/c1-15-7-14-6-10(15)11(16)4-8-5-13-3-2-9(8)12/h2-3,5-7,11,16H,4H2,1H3,(H2,12,13). The first-order valence-electron chi connectivity index (χ1n) is 5.01. The molecule has 0 fully saturated rings. The Bertz CT molecular complexity index is 480. The molecule has 1 atom stereocenters. The Kier molecular flexibility index (Phi) is 2.87. The molecule has 0 spiro atoms. The normalized spacial score (nSPS) is 12.6. The van der Waals surface area contributed by atoms with Crippen molar-refractivity contribution in [3.63, 3.8) is 0 Å². The number of anilines is 1. The van der Waals surface area contributed by atoms with Crippen LogP contribution in [0.3, 0.4) is 0 Å². The summed E-state index contributed by atoms with van der Waals surface area (Å²) in [5, 5.41) is 10.0. The van der Waals surface area contributed by atoms with E-state index in [0.29, 0.717) is 12.1 Å². The average molecular weight is 218 g/mol. The van der Waals surface area contributed by atoms with Crippen molar-refractivity contribution in [1.82, 2.24) is 14.5 Å². The Labute approximate surface area is 93.6 Å². The molecule has 5 heteroatoms. The van der Waals surface area contributed by atoms with E-state index < -0.39 is 6.10 Å². The van der Waals surface area contributed by atoms with Crippen LogP contribution >= 0.6 is 0 Å². The first-order valence-corrected chi connectivity index (χ1v) is 5.01. The number of nitrogens with two attached hydrogens (primary N) is 1. The molecule has 2 aromatic heterocycles.